The van der Waals surface area contributed by atoms with E-state index in [2.05, 4.69) is 10.5 Å². The number of carbonyl (C=O) groups excluding carboxylic acids is 1. The van der Waals surface area contributed by atoms with Crippen LogP contribution in [0.4, 0.5) is 0 Å². The first-order chi connectivity index (χ1) is 8.85. The third-order valence-corrected chi connectivity index (χ3v) is 3.66. The lowest BCUT2D eigenvalue weighted by atomic mass is 9.98. The van der Waals surface area contributed by atoms with Crippen molar-refractivity contribution in [2.24, 2.45) is 5.92 Å². The van der Waals surface area contributed by atoms with Crippen molar-refractivity contribution in [1.82, 2.24) is 10.5 Å². The van der Waals surface area contributed by atoms with Crippen molar-refractivity contribution in [3.05, 3.63) is 17.0 Å². The molecule has 6 nitrogen and oxygen atoms in total. The van der Waals surface area contributed by atoms with E-state index in [0.29, 0.717) is 25.0 Å². The van der Waals surface area contributed by atoms with Crippen molar-refractivity contribution < 1.29 is 19.2 Å². The number of carboxylic acid groups (broad SMARTS) is 1. The molecular weight excluding hydrogens is 248 g/mol. The van der Waals surface area contributed by atoms with Gasteiger partial charge in [0.25, 0.3) is 0 Å². The molecule has 0 aliphatic heterocycles. The second-order valence-corrected chi connectivity index (χ2v) is 5.28. The molecule has 0 radical (unpaired) electrons. The van der Waals surface area contributed by atoms with Crippen LogP contribution < -0.4 is 5.32 Å². The standard InChI is InChI=1S/C13H18N2O4/c1-7(6-10-8(2)15-19-9(10)3)11(16)14-13(4-5-13)12(17)18/h7H,4-6H2,1-3H3,(H,14,16)(H,17,18)/t7-/m1/s1. The number of carboxylic acids is 1. The van der Waals surface area contributed by atoms with Crippen LogP contribution in [0.15, 0.2) is 4.52 Å². The van der Waals surface area contributed by atoms with Gasteiger partial charge in [0.1, 0.15) is 11.3 Å². The molecule has 0 unspecified atom stereocenters. The van der Waals surface area contributed by atoms with E-state index in [1.54, 1.807) is 13.8 Å². The summed E-state index contributed by atoms with van der Waals surface area (Å²) in [4.78, 5) is 23.1. The highest BCUT2D eigenvalue weighted by Crippen LogP contribution is 2.35. The summed E-state index contributed by atoms with van der Waals surface area (Å²) < 4.78 is 5.05. The van der Waals surface area contributed by atoms with Crippen molar-refractivity contribution in [2.75, 3.05) is 0 Å². The summed E-state index contributed by atoms with van der Waals surface area (Å²) in [6.07, 6.45) is 1.51. The predicted molar refractivity (Wildman–Crippen MR) is 66.6 cm³/mol. The van der Waals surface area contributed by atoms with Crippen LogP contribution in [0.1, 0.15) is 36.8 Å². The summed E-state index contributed by atoms with van der Waals surface area (Å²) in [6, 6.07) is 0. The second kappa shape index (κ2) is 4.68. The van der Waals surface area contributed by atoms with Crippen LogP contribution in [0.5, 0.6) is 0 Å². The number of aliphatic carboxylic acids is 1. The van der Waals surface area contributed by atoms with Crippen LogP contribution in [0.25, 0.3) is 0 Å². The molecule has 2 rings (SSSR count). The molecule has 104 valence electrons. The van der Waals surface area contributed by atoms with Gasteiger partial charge in [0, 0.05) is 11.5 Å². The van der Waals surface area contributed by atoms with Gasteiger partial charge in [0.2, 0.25) is 5.91 Å². The maximum absolute atomic E-state index is 12.0. The largest absolute Gasteiger partial charge is 0.480 e. The van der Waals surface area contributed by atoms with Crippen LogP contribution in [0.3, 0.4) is 0 Å². The van der Waals surface area contributed by atoms with Crippen LogP contribution in [0.2, 0.25) is 0 Å². The fraction of sp³-hybridized carbons (Fsp3) is 0.615. The molecule has 1 aliphatic carbocycles. The average molecular weight is 266 g/mol. The van der Waals surface area contributed by atoms with E-state index in [9.17, 15) is 9.59 Å². The van der Waals surface area contributed by atoms with Crippen LogP contribution in [-0.2, 0) is 16.0 Å². The number of amides is 1. The Kier molecular flexibility index (Phi) is 3.34. The molecule has 0 spiro atoms. The van der Waals surface area contributed by atoms with Crippen molar-refractivity contribution in [3.63, 3.8) is 0 Å². The van der Waals surface area contributed by atoms with Crippen molar-refractivity contribution in [3.8, 4) is 0 Å². The first-order valence-corrected chi connectivity index (χ1v) is 6.33. The van der Waals surface area contributed by atoms with Gasteiger partial charge in [0.15, 0.2) is 0 Å². The van der Waals surface area contributed by atoms with E-state index in [-0.39, 0.29) is 11.8 Å². The Labute approximate surface area is 111 Å². The van der Waals surface area contributed by atoms with E-state index < -0.39 is 11.5 Å². The Bertz CT molecular complexity index is 497. The molecule has 2 N–H and O–H groups in total. The highest BCUT2D eigenvalue weighted by atomic mass is 16.5. The minimum absolute atomic E-state index is 0.236. The molecule has 1 amide bonds. The maximum atomic E-state index is 12.0. The summed E-state index contributed by atoms with van der Waals surface area (Å²) >= 11 is 0. The van der Waals surface area contributed by atoms with E-state index in [1.165, 1.54) is 0 Å². The molecule has 1 saturated carbocycles. The zero-order valence-corrected chi connectivity index (χ0v) is 11.3. The lowest BCUT2D eigenvalue weighted by Crippen LogP contribution is -2.45. The third kappa shape index (κ3) is 2.62. The van der Waals surface area contributed by atoms with E-state index in [4.69, 9.17) is 9.63 Å². The summed E-state index contributed by atoms with van der Waals surface area (Å²) in [5.74, 6) is -0.796. The highest BCUT2D eigenvalue weighted by molar-refractivity contribution is 5.90. The maximum Gasteiger partial charge on any atom is 0.329 e. The minimum Gasteiger partial charge on any atom is -0.480 e. The molecule has 19 heavy (non-hydrogen) atoms. The van der Waals surface area contributed by atoms with E-state index in [1.807, 2.05) is 6.92 Å². The number of aromatic nitrogens is 1. The second-order valence-electron chi connectivity index (χ2n) is 5.28. The molecule has 0 bridgehead atoms. The summed E-state index contributed by atoms with van der Waals surface area (Å²) in [5.41, 5.74) is 0.670. The van der Waals surface area contributed by atoms with Crippen LogP contribution in [0, 0.1) is 19.8 Å². The number of carbonyl (C=O) groups is 2. The minimum atomic E-state index is -1.02. The number of nitrogens with zero attached hydrogens (tertiary/aromatic N) is 1. The van der Waals surface area contributed by atoms with E-state index in [0.717, 1.165) is 11.3 Å². The van der Waals surface area contributed by atoms with Gasteiger partial charge in [-0.15, -0.1) is 0 Å². The van der Waals surface area contributed by atoms with Crippen molar-refractivity contribution in [1.29, 1.82) is 0 Å². The molecule has 1 fully saturated rings. The summed E-state index contributed by atoms with van der Waals surface area (Å²) in [5, 5.41) is 15.5. The normalized spacial score (nSPS) is 17.8. The van der Waals surface area contributed by atoms with Crippen molar-refractivity contribution >= 4 is 11.9 Å². The molecule has 1 aliphatic rings. The smallest absolute Gasteiger partial charge is 0.329 e. The SMILES string of the molecule is Cc1noc(C)c1C[C@@H](C)C(=O)NC1(C(=O)O)CC1. The average Bonchev–Trinajstić information content (AvgIpc) is 3.06. The monoisotopic (exact) mass is 266 g/mol. The third-order valence-electron chi connectivity index (χ3n) is 3.66. The number of hydrogen-bond acceptors (Lipinski definition) is 4. The quantitative estimate of drug-likeness (QED) is 0.835. The summed E-state index contributed by atoms with van der Waals surface area (Å²) in [6.45, 7) is 5.41. The Hall–Kier alpha value is -1.85. The lowest BCUT2D eigenvalue weighted by molar-refractivity contribution is -0.143. The van der Waals surface area contributed by atoms with Gasteiger partial charge < -0.3 is 14.9 Å². The van der Waals surface area contributed by atoms with Gasteiger partial charge in [0.05, 0.1) is 5.69 Å². The first-order valence-electron chi connectivity index (χ1n) is 6.33. The molecular formula is C13H18N2O4. The Morgan fingerprint density at radius 2 is 2.11 bits per heavy atom. The number of nitrogens with one attached hydrogen (secondary N) is 1. The van der Waals surface area contributed by atoms with Gasteiger partial charge in [-0.05, 0) is 33.1 Å². The zero-order chi connectivity index (χ0) is 14.2. The fourth-order valence-corrected chi connectivity index (χ4v) is 2.07. The van der Waals surface area contributed by atoms with Crippen molar-refractivity contribution in [2.45, 2.75) is 45.6 Å². The Morgan fingerprint density at radius 1 is 1.47 bits per heavy atom. The van der Waals surface area contributed by atoms with Gasteiger partial charge >= 0.3 is 5.97 Å². The van der Waals surface area contributed by atoms with Crippen LogP contribution in [-0.4, -0.2) is 27.7 Å². The molecule has 1 aromatic rings. The van der Waals surface area contributed by atoms with E-state index >= 15 is 0 Å². The number of aryl methyl sites for hydroxylation is 2. The van der Waals surface area contributed by atoms with Gasteiger partial charge in [-0.1, -0.05) is 12.1 Å². The summed E-state index contributed by atoms with van der Waals surface area (Å²) in [7, 11) is 0. The molecule has 0 aromatic carbocycles. The Morgan fingerprint density at radius 3 is 2.53 bits per heavy atom. The molecule has 1 atom stereocenters. The highest BCUT2D eigenvalue weighted by Gasteiger charge is 2.51. The fourth-order valence-electron chi connectivity index (χ4n) is 2.07. The van der Waals surface area contributed by atoms with Gasteiger partial charge in [-0.25, -0.2) is 4.79 Å². The number of hydrogen-bond donors (Lipinski definition) is 2. The lowest BCUT2D eigenvalue weighted by Gasteiger charge is -2.16. The molecule has 1 aromatic heterocycles. The van der Waals surface area contributed by atoms with Gasteiger partial charge in [-0.3, -0.25) is 4.79 Å². The molecule has 6 heteroatoms. The topological polar surface area (TPSA) is 92.4 Å². The van der Waals surface area contributed by atoms with Gasteiger partial charge in [-0.2, -0.15) is 0 Å². The Balaban J connectivity index is 1.99. The zero-order valence-electron chi connectivity index (χ0n) is 11.3. The molecule has 1 heterocycles. The first kappa shape index (κ1) is 13.6. The molecule has 0 saturated heterocycles. The number of rotatable bonds is 5. The predicted octanol–water partition coefficient (Wildman–Crippen LogP) is 1.20. The van der Waals surface area contributed by atoms with Crippen LogP contribution >= 0.6 is 0 Å².